The molecule has 0 saturated heterocycles. The topological polar surface area (TPSA) is 49.8 Å². The lowest BCUT2D eigenvalue weighted by molar-refractivity contribution is 0.0697. The Bertz CT molecular complexity index is 488. The molecule has 0 amide bonds. The van der Waals surface area contributed by atoms with Gasteiger partial charge >= 0.3 is 5.97 Å². The number of nitrogens with zero attached hydrogens (tertiary/aromatic N) is 1. The van der Waals surface area contributed by atoms with Crippen molar-refractivity contribution in [2.45, 2.75) is 25.8 Å². The fraction of sp³-hybridized carbons (Fsp3) is 0.533. The molecule has 1 aromatic carbocycles. The molecule has 0 aromatic heterocycles. The maximum absolute atomic E-state index is 11.0. The summed E-state index contributed by atoms with van der Waals surface area (Å²) in [5.74, 6) is -0.287. The van der Waals surface area contributed by atoms with E-state index < -0.39 is 5.97 Å². The molecule has 4 nitrogen and oxygen atoms in total. The van der Waals surface area contributed by atoms with Crippen LogP contribution >= 0.6 is 11.6 Å². The maximum atomic E-state index is 11.0. The molecule has 0 bridgehead atoms. The molecule has 0 heterocycles. The first-order chi connectivity index (χ1) is 9.54. The van der Waals surface area contributed by atoms with E-state index in [0.717, 1.165) is 12.2 Å². The van der Waals surface area contributed by atoms with Gasteiger partial charge in [0.05, 0.1) is 17.2 Å². The van der Waals surface area contributed by atoms with Crippen molar-refractivity contribution in [1.82, 2.24) is 0 Å². The van der Waals surface area contributed by atoms with Crippen LogP contribution in [0.25, 0.3) is 0 Å². The molecular weight excluding hydrogens is 278 g/mol. The van der Waals surface area contributed by atoms with Crippen molar-refractivity contribution < 1.29 is 14.6 Å². The van der Waals surface area contributed by atoms with E-state index in [1.165, 1.54) is 12.8 Å². The Morgan fingerprint density at radius 2 is 2.25 bits per heavy atom. The van der Waals surface area contributed by atoms with Crippen LogP contribution < -0.4 is 4.90 Å². The molecular formula is C15H20ClNO3. The van der Waals surface area contributed by atoms with Crippen molar-refractivity contribution in [3.05, 3.63) is 28.8 Å². The normalized spacial score (nSPS) is 15.9. The Morgan fingerprint density at radius 1 is 1.55 bits per heavy atom. The fourth-order valence-electron chi connectivity index (χ4n) is 2.45. The van der Waals surface area contributed by atoms with Gasteiger partial charge < -0.3 is 14.7 Å². The van der Waals surface area contributed by atoms with Gasteiger partial charge in [0, 0.05) is 25.4 Å². The highest BCUT2D eigenvalue weighted by molar-refractivity contribution is 6.33. The predicted octanol–water partition coefficient (Wildman–Crippen LogP) is 3.29. The number of carbonyl (C=O) groups is 1. The van der Waals surface area contributed by atoms with Crippen LogP contribution in [0.3, 0.4) is 0 Å². The van der Waals surface area contributed by atoms with Gasteiger partial charge in [0.1, 0.15) is 0 Å². The number of aromatic carboxylic acids is 1. The van der Waals surface area contributed by atoms with Gasteiger partial charge in [-0.3, -0.25) is 0 Å². The summed E-state index contributed by atoms with van der Waals surface area (Å²) in [6.07, 6.45) is 2.51. The lowest BCUT2D eigenvalue weighted by Gasteiger charge is -2.31. The van der Waals surface area contributed by atoms with Gasteiger partial charge in [-0.05, 0) is 43.9 Å². The van der Waals surface area contributed by atoms with Gasteiger partial charge in [0.15, 0.2) is 0 Å². The van der Waals surface area contributed by atoms with E-state index in [2.05, 4.69) is 11.8 Å². The Labute approximate surface area is 124 Å². The van der Waals surface area contributed by atoms with Gasteiger partial charge in [0.25, 0.3) is 0 Å². The molecule has 1 N–H and O–H groups in total. The lowest BCUT2D eigenvalue weighted by Crippen LogP contribution is -2.37. The van der Waals surface area contributed by atoms with E-state index in [-0.39, 0.29) is 10.6 Å². The average molecular weight is 298 g/mol. The second-order valence-corrected chi connectivity index (χ2v) is 5.64. The largest absolute Gasteiger partial charge is 0.478 e. The first-order valence-corrected chi connectivity index (χ1v) is 7.20. The highest BCUT2D eigenvalue weighted by atomic mass is 35.5. The monoisotopic (exact) mass is 297 g/mol. The summed E-state index contributed by atoms with van der Waals surface area (Å²) in [7, 11) is 1.68. The molecule has 1 saturated carbocycles. The van der Waals surface area contributed by atoms with Crippen molar-refractivity contribution in [3.8, 4) is 0 Å². The Morgan fingerprint density at radius 3 is 2.75 bits per heavy atom. The Kier molecular flexibility index (Phi) is 4.89. The number of hydrogen-bond acceptors (Lipinski definition) is 3. The molecule has 1 atom stereocenters. The minimum absolute atomic E-state index is 0.140. The van der Waals surface area contributed by atoms with Crippen LogP contribution in [0.4, 0.5) is 5.69 Å². The van der Waals surface area contributed by atoms with E-state index in [1.54, 1.807) is 19.2 Å². The molecule has 1 unspecified atom stereocenters. The molecule has 1 aromatic rings. The van der Waals surface area contributed by atoms with Crippen LogP contribution in [-0.4, -0.2) is 37.4 Å². The molecule has 0 spiro atoms. The Balaban J connectivity index is 2.23. The number of rotatable bonds is 7. The van der Waals surface area contributed by atoms with E-state index >= 15 is 0 Å². The summed E-state index contributed by atoms with van der Waals surface area (Å²) < 4.78 is 5.17. The zero-order valence-corrected chi connectivity index (χ0v) is 12.6. The number of ether oxygens (including phenoxy) is 1. The van der Waals surface area contributed by atoms with E-state index in [9.17, 15) is 4.79 Å². The molecule has 1 aliphatic rings. The second-order valence-electron chi connectivity index (χ2n) is 5.23. The smallest absolute Gasteiger partial charge is 0.337 e. The molecule has 2 rings (SSSR count). The molecule has 1 aliphatic carbocycles. The van der Waals surface area contributed by atoms with Gasteiger partial charge in [-0.25, -0.2) is 4.79 Å². The second kappa shape index (κ2) is 6.46. The van der Waals surface area contributed by atoms with Crippen molar-refractivity contribution in [1.29, 1.82) is 0 Å². The first-order valence-electron chi connectivity index (χ1n) is 6.83. The molecule has 0 radical (unpaired) electrons. The number of benzene rings is 1. The van der Waals surface area contributed by atoms with Gasteiger partial charge in [0.2, 0.25) is 0 Å². The van der Waals surface area contributed by atoms with Crippen molar-refractivity contribution in [3.63, 3.8) is 0 Å². The number of anilines is 1. The SMILES string of the molecule is COCCN(c1ccc(C(=O)O)c(Cl)c1)C(C)C1CC1. The fourth-order valence-corrected chi connectivity index (χ4v) is 2.70. The summed E-state index contributed by atoms with van der Waals surface area (Å²) in [4.78, 5) is 13.3. The maximum Gasteiger partial charge on any atom is 0.337 e. The summed E-state index contributed by atoms with van der Waals surface area (Å²) >= 11 is 6.06. The lowest BCUT2D eigenvalue weighted by atomic mass is 10.1. The van der Waals surface area contributed by atoms with Crippen molar-refractivity contribution >= 4 is 23.3 Å². The van der Waals surface area contributed by atoms with Crippen molar-refractivity contribution in [2.75, 3.05) is 25.2 Å². The summed E-state index contributed by atoms with van der Waals surface area (Å²) in [6.45, 7) is 3.61. The minimum atomic E-state index is -1.000. The third-order valence-corrected chi connectivity index (χ3v) is 4.16. The zero-order chi connectivity index (χ0) is 14.7. The van der Waals surface area contributed by atoms with E-state index in [0.29, 0.717) is 18.6 Å². The van der Waals surface area contributed by atoms with E-state index in [1.807, 2.05) is 6.07 Å². The van der Waals surface area contributed by atoms with Crippen LogP contribution in [0.1, 0.15) is 30.1 Å². The van der Waals surface area contributed by atoms with Crippen LogP contribution in [0.2, 0.25) is 5.02 Å². The standard InChI is InChI=1S/C15H20ClNO3/c1-10(11-3-4-11)17(7-8-20-2)12-5-6-13(15(18)19)14(16)9-12/h5-6,9-11H,3-4,7-8H2,1-2H3,(H,18,19). The minimum Gasteiger partial charge on any atom is -0.478 e. The van der Waals surface area contributed by atoms with Crippen LogP contribution in [0.15, 0.2) is 18.2 Å². The van der Waals surface area contributed by atoms with Crippen molar-refractivity contribution in [2.24, 2.45) is 5.92 Å². The third kappa shape index (κ3) is 3.44. The zero-order valence-electron chi connectivity index (χ0n) is 11.8. The quantitative estimate of drug-likeness (QED) is 0.839. The van der Waals surface area contributed by atoms with E-state index in [4.69, 9.17) is 21.4 Å². The third-order valence-electron chi connectivity index (χ3n) is 3.85. The van der Waals surface area contributed by atoms with Gasteiger partial charge in [-0.15, -0.1) is 0 Å². The predicted molar refractivity (Wildman–Crippen MR) is 79.8 cm³/mol. The first kappa shape index (κ1) is 15.1. The summed E-state index contributed by atoms with van der Waals surface area (Å²) in [5, 5.41) is 9.30. The molecule has 0 aliphatic heterocycles. The van der Waals surface area contributed by atoms with Gasteiger partial charge in [-0.2, -0.15) is 0 Å². The number of hydrogen-bond donors (Lipinski definition) is 1. The highest BCUT2D eigenvalue weighted by Crippen LogP contribution is 2.37. The molecule has 20 heavy (non-hydrogen) atoms. The van der Waals surface area contributed by atoms with Gasteiger partial charge in [-0.1, -0.05) is 11.6 Å². The van der Waals surface area contributed by atoms with Crippen LogP contribution in [0.5, 0.6) is 0 Å². The number of methoxy groups -OCH3 is 1. The highest BCUT2D eigenvalue weighted by Gasteiger charge is 2.32. The molecule has 110 valence electrons. The van der Waals surface area contributed by atoms with Crippen LogP contribution in [-0.2, 0) is 4.74 Å². The number of carboxylic acids is 1. The number of carboxylic acid groups (broad SMARTS) is 1. The summed E-state index contributed by atoms with van der Waals surface area (Å²) in [6, 6.07) is 5.54. The molecule has 5 heteroatoms. The summed E-state index contributed by atoms with van der Waals surface area (Å²) in [5.41, 5.74) is 1.10. The molecule has 1 fully saturated rings. The number of halogens is 1. The van der Waals surface area contributed by atoms with Crippen LogP contribution in [0, 0.1) is 5.92 Å². The Hall–Kier alpha value is -1.26. The average Bonchev–Trinajstić information content (AvgIpc) is 3.22.